The molecule has 0 saturated carbocycles. The molecule has 0 unspecified atom stereocenters. The second kappa shape index (κ2) is 8.02. The van der Waals surface area contributed by atoms with Crippen molar-refractivity contribution in [2.45, 2.75) is 27.2 Å². The number of carbonyl (C=O) groups excluding carboxylic acids is 1. The zero-order chi connectivity index (χ0) is 15.0. The van der Waals surface area contributed by atoms with Gasteiger partial charge in [0.1, 0.15) is 0 Å². The molecule has 1 aromatic rings. The topological polar surface area (TPSA) is 58.4 Å². The Morgan fingerprint density at radius 3 is 2.50 bits per heavy atom. The maximum atomic E-state index is 12.1. The Bertz CT molecular complexity index is 403. The van der Waals surface area contributed by atoms with E-state index >= 15 is 0 Å². The Labute approximate surface area is 122 Å². The number of hydrogen-bond acceptors (Lipinski definition) is 3. The number of nitrogens with one attached hydrogen (secondary N) is 1. The van der Waals surface area contributed by atoms with Crippen molar-refractivity contribution >= 4 is 11.6 Å². The fraction of sp³-hybridized carbons (Fsp3) is 0.562. The summed E-state index contributed by atoms with van der Waals surface area (Å²) in [5.41, 5.74) is 6.65. The first-order valence-corrected chi connectivity index (χ1v) is 7.24. The summed E-state index contributed by atoms with van der Waals surface area (Å²) < 4.78 is 0. The molecule has 4 nitrogen and oxygen atoms in total. The van der Waals surface area contributed by atoms with Crippen molar-refractivity contribution in [3.8, 4) is 0 Å². The molecule has 1 aromatic carbocycles. The SMILES string of the molecule is CCCN(CC(=O)Nc1ccccc1)CC(C)(C)CN. The lowest BCUT2D eigenvalue weighted by Crippen LogP contribution is -2.42. The number of rotatable bonds is 8. The number of carbonyl (C=O) groups is 1. The quantitative estimate of drug-likeness (QED) is 0.766. The predicted octanol–water partition coefficient (Wildman–Crippen LogP) is 2.32. The van der Waals surface area contributed by atoms with Crippen LogP contribution in [0.2, 0.25) is 0 Å². The minimum atomic E-state index is 0.0254. The lowest BCUT2D eigenvalue weighted by atomic mass is 9.93. The number of anilines is 1. The number of para-hydroxylation sites is 1. The summed E-state index contributed by atoms with van der Waals surface area (Å²) in [6.07, 6.45) is 1.03. The summed E-state index contributed by atoms with van der Waals surface area (Å²) in [5, 5.41) is 2.92. The molecule has 0 aliphatic heterocycles. The second-order valence-corrected chi connectivity index (χ2v) is 5.99. The molecule has 3 N–H and O–H groups in total. The molecule has 0 atom stereocenters. The van der Waals surface area contributed by atoms with Gasteiger partial charge in [-0.05, 0) is 37.1 Å². The molecule has 0 aromatic heterocycles. The van der Waals surface area contributed by atoms with Crippen molar-refractivity contribution in [3.63, 3.8) is 0 Å². The van der Waals surface area contributed by atoms with Crippen LogP contribution in [0.1, 0.15) is 27.2 Å². The highest BCUT2D eigenvalue weighted by molar-refractivity contribution is 5.92. The molecule has 0 fully saturated rings. The van der Waals surface area contributed by atoms with Crippen molar-refractivity contribution in [1.29, 1.82) is 0 Å². The van der Waals surface area contributed by atoms with Gasteiger partial charge in [-0.25, -0.2) is 0 Å². The summed E-state index contributed by atoms with van der Waals surface area (Å²) in [6.45, 7) is 9.15. The standard InChI is InChI=1S/C16H27N3O/c1-4-10-19(13-16(2,3)12-17)11-15(20)18-14-8-6-5-7-9-14/h5-9H,4,10-13,17H2,1-3H3,(H,18,20). The van der Waals surface area contributed by atoms with Crippen molar-refractivity contribution in [3.05, 3.63) is 30.3 Å². The van der Waals surface area contributed by atoms with Crippen LogP contribution in [-0.4, -0.2) is 37.0 Å². The van der Waals surface area contributed by atoms with Crippen molar-refractivity contribution in [1.82, 2.24) is 4.90 Å². The van der Waals surface area contributed by atoms with E-state index in [1.165, 1.54) is 0 Å². The first kappa shape index (κ1) is 16.7. The van der Waals surface area contributed by atoms with E-state index in [0.29, 0.717) is 13.1 Å². The molecule has 112 valence electrons. The van der Waals surface area contributed by atoms with E-state index in [0.717, 1.165) is 25.2 Å². The molecule has 1 rings (SSSR count). The molecule has 4 heteroatoms. The molecule has 0 radical (unpaired) electrons. The van der Waals surface area contributed by atoms with Crippen LogP contribution in [0.3, 0.4) is 0 Å². The van der Waals surface area contributed by atoms with Gasteiger partial charge in [0.05, 0.1) is 6.54 Å². The Balaban J connectivity index is 2.54. The Morgan fingerprint density at radius 2 is 1.95 bits per heavy atom. The van der Waals surface area contributed by atoms with Crippen LogP contribution < -0.4 is 11.1 Å². The van der Waals surface area contributed by atoms with Gasteiger partial charge >= 0.3 is 0 Å². The highest BCUT2D eigenvalue weighted by Crippen LogP contribution is 2.15. The zero-order valence-electron chi connectivity index (χ0n) is 12.9. The van der Waals surface area contributed by atoms with Gasteiger partial charge in [0, 0.05) is 12.2 Å². The number of amides is 1. The van der Waals surface area contributed by atoms with Crippen LogP contribution in [0, 0.1) is 5.41 Å². The van der Waals surface area contributed by atoms with E-state index in [1.807, 2.05) is 30.3 Å². The lowest BCUT2D eigenvalue weighted by Gasteiger charge is -2.31. The summed E-state index contributed by atoms with van der Waals surface area (Å²) in [4.78, 5) is 14.3. The van der Waals surface area contributed by atoms with Crippen molar-refractivity contribution in [2.75, 3.05) is 31.5 Å². The van der Waals surface area contributed by atoms with Crippen molar-refractivity contribution < 1.29 is 4.79 Å². The van der Waals surface area contributed by atoms with Crippen LogP contribution in [0.25, 0.3) is 0 Å². The molecule has 20 heavy (non-hydrogen) atoms. The number of hydrogen-bond donors (Lipinski definition) is 2. The third-order valence-corrected chi connectivity index (χ3v) is 3.17. The van der Waals surface area contributed by atoms with E-state index in [9.17, 15) is 4.79 Å². The Morgan fingerprint density at radius 1 is 1.30 bits per heavy atom. The van der Waals surface area contributed by atoms with Crippen LogP contribution in [-0.2, 0) is 4.79 Å². The molecule has 0 bridgehead atoms. The monoisotopic (exact) mass is 277 g/mol. The summed E-state index contributed by atoms with van der Waals surface area (Å²) in [6, 6.07) is 9.55. The van der Waals surface area contributed by atoms with Crippen LogP contribution >= 0.6 is 0 Å². The molecule has 0 heterocycles. The molecule has 0 aliphatic rings. The Kier molecular flexibility index (Phi) is 6.68. The predicted molar refractivity (Wildman–Crippen MR) is 84.6 cm³/mol. The number of benzene rings is 1. The van der Waals surface area contributed by atoms with Gasteiger partial charge in [-0.2, -0.15) is 0 Å². The molecular weight excluding hydrogens is 250 g/mol. The van der Waals surface area contributed by atoms with Crippen LogP contribution in [0.4, 0.5) is 5.69 Å². The van der Waals surface area contributed by atoms with Gasteiger partial charge in [0.15, 0.2) is 0 Å². The maximum Gasteiger partial charge on any atom is 0.238 e. The van der Waals surface area contributed by atoms with Crippen LogP contribution in [0.15, 0.2) is 30.3 Å². The van der Waals surface area contributed by atoms with Gasteiger partial charge in [0.2, 0.25) is 5.91 Å². The largest absolute Gasteiger partial charge is 0.330 e. The van der Waals surface area contributed by atoms with Crippen LogP contribution in [0.5, 0.6) is 0 Å². The average Bonchev–Trinajstić information content (AvgIpc) is 2.39. The van der Waals surface area contributed by atoms with Gasteiger partial charge in [-0.1, -0.05) is 39.0 Å². The van der Waals surface area contributed by atoms with E-state index in [4.69, 9.17) is 5.73 Å². The third-order valence-electron chi connectivity index (χ3n) is 3.17. The summed E-state index contributed by atoms with van der Waals surface area (Å²) in [7, 11) is 0. The highest BCUT2D eigenvalue weighted by Gasteiger charge is 2.21. The highest BCUT2D eigenvalue weighted by atomic mass is 16.2. The fourth-order valence-electron chi connectivity index (χ4n) is 2.13. The summed E-state index contributed by atoms with van der Waals surface area (Å²) in [5.74, 6) is 0.0254. The molecular formula is C16H27N3O. The van der Waals surface area contributed by atoms with E-state index < -0.39 is 0 Å². The zero-order valence-corrected chi connectivity index (χ0v) is 12.9. The normalized spacial score (nSPS) is 11.7. The fourth-order valence-corrected chi connectivity index (χ4v) is 2.13. The first-order chi connectivity index (χ1) is 9.46. The Hall–Kier alpha value is -1.39. The van der Waals surface area contributed by atoms with Gasteiger partial charge in [-0.3, -0.25) is 9.69 Å². The third kappa shape index (κ3) is 6.17. The van der Waals surface area contributed by atoms with Gasteiger partial charge in [0.25, 0.3) is 0 Å². The first-order valence-electron chi connectivity index (χ1n) is 7.24. The minimum absolute atomic E-state index is 0.0254. The lowest BCUT2D eigenvalue weighted by molar-refractivity contribution is -0.117. The molecule has 0 aliphatic carbocycles. The van der Waals surface area contributed by atoms with E-state index in [1.54, 1.807) is 0 Å². The van der Waals surface area contributed by atoms with E-state index in [-0.39, 0.29) is 11.3 Å². The molecule has 0 spiro atoms. The molecule has 0 saturated heterocycles. The smallest absolute Gasteiger partial charge is 0.238 e. The minimum Gasteiger partial charge on any atom is -0.330 e. The average molecular weight is 277 g/mol. The second-order valence-electron chi connectivity index (χ2n) is 5.99. The van der Waals surface area contributed by atoms with Gasteiger partial charge in [-0.15, -0.1) is 0 Å². The van der Waals surface area contributed by atoms with Crippen molar-refractivity contribution in [2.24, 2.45) is 11.1 Å². The van der Waals surface area contributed by atoms with Gasteiger partial charge < -0.3 is 11.1 Å². The maximum absolute atomic E-state index is 12.1. The summed E-state index contributed by atoms with van der Waals surface area (Å²) >= 11 is 0. The van der Waals surface area contributed by atoms with E-state index in [2.05, 4.69) is 31.0 Å². The number of nitrogens with two attached hydrogens (primary N) is 1. The number of nitrogens with zero attached hydrogens (tertiary/aromatic N) is 1. The molecule has 1 amide bonds.